The smallest absolute Gasteiger partial charge is 0.382 e. The summed E-state index contributed by atoms with van der Waals surface area (Å²) < 4.78 is 42.6. The third-order valence-corrected chi connectivity index (χ3v) is 2.78. The number of rotatable bonds is 3. The van der Waals surface area contributed by atoms with Gasteiger partial charge in [-0.15, -0.1) is 0 Å². The zero-order valence-corrected chi connectivity index (χ0v) is 10.4. The quantitative estimate of drug-likeness (QED) is 0.862. The number of methoxy groups -OCH3 is 1. The maximum absolute atomic E-state index is 12.6. The molecule has 0 aromatic heterocycles. The second-order valence-corrected chi connectivity index (χ2v) is 4.18. The SMILES string of the molecule is COCC1NC(=O)N(c2cccc(C(F)(F)F)c2)C1=O. The van der Waals surface area contributed by atoms with Crippen LogP contribution < -0.4 is 10.2 Å². The maximum Gasteiger partial charge on any atom is 0.416 e. The van der Waals surface area contributed by atoms with Crippen LogP contribution in [0.5, 0.6) is 0 Å². The van der Waals surface area contributed by atoms with E-state index in [1.165, 1.54) is 13.2 Å². The molecule has 8 heteroatoms. The number of alkyl halides is 3. The van der Waals surface area contributed by atoms with Crippen LogP contribution in [-0.4, -0.2) is 31.7 Å². The third kappa shape index (κ3) is 2.60. The largest absolute Gasteiger partial charge is 0.416 e. The van der Waals surface area contributed by atoms with Crippen molar-refractivity contribution in [2.45, 2.75) is 12.2 Å². The first kappa shape index (κ1) is 14.3. The number of imide groups is 1. The number of hydrogen-bond acceptors (Lipinski definition) is 3. The minimum atomic E-state index is -4.54. The third-order valence-electron chi connectivity index (χ3n) is 2.78. The number of halogens is 3. The van der Waals surface area contributed by atoms with Crippen LogP contribution in [0.15, 0.2) is 24.3 Å². The average molecular weight is 288 g/mol. The molecule has 1 heterocycles. The van der Waals surface area contributed by atoms with Crippen LogP contribution in [-0.2, 0) is 15.7 Å². The Bertz CT molecular complexity index is 545. The van der Waals surface area contributed by atoms with Gasteiger partial charge in [0, 0.05) is 7.11 Å². The number of anilines is 1. The zero-order chi connectivity index (χ0) is 14.9. The molecule has 0 radical (unpaired) electrons. The number of carbonyl (C=O) groups excluding carboxylic acids is 2. The topological polar surface area (TPSA) is 58.6 Å². The predicted molar refractivity (Wildman–Crippen MR) is 63.1 cm³/mol. The van der Waals surface area contributed by atoms with E-state index in [4.69, 9.17) is 4.74 Å². The van der Waals surface area contributed by atoms with Gasteiger partial charge in [0.15, 0.2) is 0 Å². The first-order chi connectivity index (χ1) is 9.34. The van der Waals surface area contributed by atoms with E-state index in [1.54, 1.807) is 0 Å². The molecule has 1 aliphatic rings. The molecule has 1 atom stereocenters. The van der Waals surface area contributed by atoms with E-state index in [9.17, 15) is 22.8 Å². The molecule has 1 saturated heterocycles. The van der Waals surface area contributed by atoms with Crippen molar-refractivity contribution >= 4 is 17.6 Å². The van der Waals surface area contributed by atoms with Crippen LogP contribution in [0, 0.1) is 0 Å². The fourth-order valence-electron chi connectivity index (χ4n) is 1.88. The molecule has 0 saturated carbocycles. The Hall–Kier alpha value is -2.09. The minimum Gasteiger partial charge on any atom is -0.382 e. The molecule has 1 N–H and O–H groups in total. The highest BCUT2D eigenvalue weighted by Gasteiger charge is 2.40. The van der Waals surface area contributed by atoms with Gasteiger partial charge in [0.1, 0.15) is 6.04 Å². The van der Waals surface area contributed by atoms with E-state index in [-0.39, 0.29) is 12.3 Å². The molecule has 108 valence electrons. The Balaban J connectivity index is 2.32. The van der Waals surface area contributed by atoms with Crippen molar-refractivity contribution in [2.75, 3.05) is 18.6 Å². The van der Waals surface area contributed by atoms with Crippen molar-refractivity contribution < 1.29 is 27.5 Å². The van der Waals surface area contributed by atoms with E-state index < -0.39 is 29.7 Å². The number of carbonyl (C=O) groups is 2. The van der Waals surface area contributed by atoms with E-state index in [2.05, 4.69) is 5.32 Å². The summed E-state index contributed by atoms with van der Waals surface area (Å²) in [5, 5.41) is 2.34. The van der Waals surface area contributed by atoms with Gasteiger partial charge >= 0.3 is 12.2 Å². The van der Waals surface area contributed by atoms with Crippen molar-refractivity contribution in [1.29, 1.82) is 0 Å². The van der Waals surface area contributed by atoms with Gasteiger partial charge in [0.2, 0.25) is 0 Å². The number of nitrogens with zero attached hydrogens (tertiary/aromatic N) is 1. The highest BCUT2D eigenvalue weighted by Crippen LogP contribution is 2.32. The van der Waals surface area contributed by atoms with E-state index in [0.717, 1.165) is 18.2 Å². The predicted octanol–water partition coefficient (Wildman–Crippen LogP) is 1.78. The maximum atomic E-state index is 12.6. The lowest BCUT2D eigenvalue weighted by Crippen LogP contribution is -2.34. The van der Waals surface area contributed by atoms with Gasteiger partial charge < -0.3 is 10.1 Å². The molecule has 1 aromatic carbocycles. The van der Waals surface area contributed by atoms with Crippen molar-refractivity contribution in [3.8, 4) is 0 Å². The molecule has 0 spiro atoms. The summed E-state index contributed by atoms with van der Waals surface area (Å²) in [6.07, 6.45) is -4.54. The van der Waals surface area contributed by atoms with Crippen LogP contribution in [0.25, 0.3) is 0 Å². The Morgan fingerprint density at radius 3 is 2.65 bits per heavy atom. The normalized spacial score (nSPS) is 19.4. The monoisotopic (exact) mass is 288 g/mol. The van der Waals surface area contributed by atoms with E-state index in [1.807, 2.05) is 0 Å². The first-order valence-electron chi connectivity index (χ1n) is 5.65. The van der Waals surface area contributed by atoms with E-state index in [0.29, 0.717) is 4.90 Å². The van der Waals surface area contributed by atoms with Crippen LogP contribution in [0.4, 0.5) is 23.7 Å². The molecule has 1 aromatic rings. The Morgan fingerprint density at radius 2 is 2.05 bits per heavy atom. The van der Waals surface area contributed by atoms with Gasteiger partial charge in [-0.05, 0) is 18.2 Å². The van der Waals surface area contributed by atoms with Crippen LogP contribution in [0.2, 0.25) is 0 Å². The Kier molecular flexibility index (Phi) is 3.67. The number of nitrogens with one attached hydrogen (secondary N) is 1. The summed E-state index contributed by atoms with van der Waals surface area (Å²) in [6, 6.07) is 2.38. The van der Waals surface area contributed by atoms with Crippen molar-refractivity contribution in [3.63, 3.8) is 0 Å². The van der Waals surface area contributed by atoms with Gasteiger partial charge in [0.05, 0.1) is 17.9 Å². The second-order valence-electron chi connectivity index (χ2n) is 4.18. The summed E-state index contributed by atoms with van der Waals surface area (Å²) >= 11 is 0. The lowest BCUT2D eigenvalue weighted by Gasteiger charge is -2.15. The molecule has 5 nitrogen and oxygen atoms in total. The zero-order valence-electron chi connectivity index (χ0n) is 10.4. The lowest BCUT2D eigenvalue weighted by atomic mass is 10.2. The standard InChI is InChI=1S/C12H11F3N2O3/c1-20-6-9-10(18)17(11(19)16-9)8-4-2-3-7(5-8)12(13,14)15/h2-5,9H,6H2,1H3,(H,16,19). The summed E-state index contributed by atoms with van der Waals surface area (Å²) in [5.74, 6) is -0.642. The van der Waals surface area contributed by atoms with Gasteiger partial charge in [-0.25, -0.2) is 9.69 Å². The molecule has 0 bridgehead atoms. The average Bonchev–Trinajstić information content (AvgIpc) is 2.64. The fourth-order valence-corrected chi connectivity index (χ4v) is 1.88. The number of ether oxygens (including phenoxy) is 1. The number of hydrogen-bond donors (Lipinski definition) is 1. The number of urea groups is 1. The minimum absolute atomic E-state index is 0.0416. The number of amides is 3. The van der Waals surface area contributed by atoms with Crippen LogP contribution in [0.3, 0.4) is 0 Å². The molecular weight excluding hydrogens is 277 g/mol. The fraction of sp³-hybridized carbons (Fsp3) is 0.333. The summed E-state index contributed by atoms with van der Waals surface area (Å²) in [5.41, 5.74) is -1.05. The van der Waals surface area contributed by atoms with Crippen LogP contribution >= 0.6 is 0 Å². The Morgan fingerprint density at radius 1 is 1.35 bits per heavy atom. The number of benzene rings is 1. The van der Waals surface area contributed by atoms with Crippen molar-refractivity contribution in [1.82, 2.24) is 5.32 Å². The van der Waals surface area contributed by atoms with Crippen molar-refractivity contribution in [3.05, 3.63) is 29.8 Å². The first-order valence-corrected chi connectivity index (χ1v) is 5.65. The molecule has 1 unspecified atom stereocenters. The molecule has 1 fully saturated rings. The lowest BCUT2D eigenvalue weighted by molar-refractivity contribution is -0.137. The van der Waals surface area contributed by atoms with Gasteiger partial charge in [-0.3, -0.25) is 4.79 Å². The molecule has 3 amide bonds. The van der Waals surface area contributed by atoms with Crippen molar-refractivity contribution in [2.24, 2.45) is 0 Å². The second kappa shape index (κ2) is 5.12. The summed E-state index contributed by atoms with van der Waals surface area (Å²) in [6.45, 7) is -0.0416. The van der Waals surface area contributed by atoms with Gasteiger partial charge in [-0.1, -0.05) is 6.07 Å². The van der Waals surface area contributed by atoms with Gasteiger partial charge in [-0.2, -0.15) is 13.2 Å². The van der Waals surface area contributed by atoms with Gasteiger partial charge in [0.25, 0.3) is 5.91 Å². The highest BCUT2D eigenvalue weighted by molar-refractivity contribution is 6.21. The highest BCUT2D eigenvalue weighted by atomic mass is 19.4. The molecule has 20 heavy (non-hydrogen) atoms. The van der Waals surface area contributed by atoms with E-state index >= 15 is 0 Å². The van der Waals surface area contributed by atoms with Crippen LogP contribution in [0.1, 0.15) is 5.56 Å². The molecular formula is C12H11F3N2O3. The molecule has 1 aliphatic heterocycles. The molecule has 2 rings (SSSR count). The summed E-state index contributed by atoms with van der Waals surface area (Å²) in [7, 11) is 1.35. The Labute approximate surface area is 112 Å². The summed E-state index contributed by atoms with van der Waals surface area (Å²) in [4.78, 5) is 24.3. The molecule has 0 aliphatic carbocycles.